The van der Waals surface area contributed by atoms with E-state index in [0.717, 1.165) is 24.2 Å². The third kappa shape index (κ3) is 3.54. The van der Waals surface area contributed by atoms with E-state index >= 15 is 0 Å². The van der Waals surface area contributed by atoms with Gasteiger partial charge >= 0.3 is 6.18 Å². The van der Waals surface area contributed by atoms with Gasteiger partial charge in [-0.2, -0.15) is 13.2 Å². The van der Waals surface area contributed by atoms with Crippen molar-refractivity contribution in [2.24, 2.45) is 5.41 Å². The number of nitrogens with one attached hydrogen (secondary N) is 1. The standard InChI is InChI=1S/C13H17F3N2O3/c14-13(15,16)8-17-9(19)7-18-10(20)6-12(11(18)21)4-2-1-3-5-12/h1-8H2,(H,17,19). The zero-order valence-corrected chi connectivity index (χ0v) is 11.5. The summed E-state index contributed by atoms with van der Waals surface area (Å²) >= 11 is 0. The molecular formula is C13H17F3N2O3. The van der Waals surface area contributed by atoms with Gasteiger partial charge < -0.3 is 5.32 Å². The Labute approximate surface area is 119 Å². The summed E-state index contributed by atoms with van der Waals surface area (Å²) in [6, 6.07) is 0. The molecule has 1 spiro atoms. The van der Waals surface area contributed by atoms with Gasteiger partial charge in [0.2, 0.25) is 17.7 Å². The van der Waals surface area contributed by atoms with E-state index < -0.39 is 42.4 Å². The van der Waals surface area contributed by atoms with Crippen LogP contribution in [0.3, 0.4) is 0 Å². The molecule has 2 rings (SSSR count). The Morgan fingerprint density at radius 2 is 1.81 bits per heavy atom. The van der Waals surface area contributed by atoms with Gasteiger partial charge in [0, 0.05) is 6.42 Å². The first-order valence-corrected chi connectivity index (χ1v) is 6.92. The highest BCUT2D eigenvalue weighted by atomic mass is 19.4. The van der Waals surface area contributed by atoms with E-state index in [1.165, 1.54) is 0 Å². The van der Waals surface area contributed by atoms with E-state index in [-0.39, 0.29) is 6.42 Å². The second kappa shape index (κ2) is 5.65. The van der Waals surface area contributed by atoms with Gasteiger partial charge in [-0.15, -0.1) is 0 Å². The summed E-state index contributed by atoms with van der Waals surface area (Å²) in [5.74, 6) is -1.85. The van der Waals surface area contributed by atoms with Gasteiger partial charge in [-0.1, -0.05) is 19.3 Å². The molecule has 1 N–H and O–H groups in total. The molecule has 2 aliphatic rings. The van der Waals surface area contributed by atoms with Gasteiger partial charge in [-0.05, 0) is 12.8 Å². The van der Waals surface area contributed by atoms with Crippen LogP contribution in [0.15, 0.2) is 0 Å². The smallest absolute Gasteiger partial charge is 0.345 e. The number of imide groups is 1. The molecule has 1 saturated carbocycles. The molecule has 1 heterocycles. The SMILES string of the molecule is O=C(CN1C(=O)CC2(CCCCC2)C1=O)NCC(F)(F)F. The Hall–Kier alpha value is -1.60. The number of carbonyl (C=O) groups is 3. The number of alkyl halides is 3. The van der Waals surface area contributed by atoms with E-state index in [1.54, 1.807) is 5.32 Å². The van der Waals surface area contributed by atoms with Crippen LogP contribution in [0.1, 0.15) is 38.5 Å². The average Bonchev–Trinajstić information content (AvgIpc) is 2.61. The maximum atomic E-state index is 12.3. The van der Waals surface area contributed by atoms with Crippen molar-refractivity contribution >= 4 is 17.7 Å². The number of nitrogens with zero attached hydrogens (tertiary/aromatic N) is 1. The normalized spacial score (nSPS) is 22.0. The highest BCUT2D eigenvalue weighted by Gasteiger charge is 2.51. The first-order valence-electron chi connectivity index (χ1n) is 6.92. The Balaban J connectivity index is 1.96. The van der Waals surface area contributed by atoms with Crippen LogP contribution in [0, 0.1) is 5.41 Å². The van der Waals surface area contributed by atoms with Gasteiger partial charge in [0.1, 0.15) is 13.1 Å². The zero-order chi connectivity index (χ0) is 15.7. The maximum Gasteiger partial charge on any atom is 0.405 e. The molecule has 8 heteroatoms. The summed E-state index contributed by atoms with van der Waals surface area (Å²) in [6.45, 7) is -2.09. The van der Waals surface area contributed by atoms with Gasteiger partial charge in [-0.25, -0.2) is 0 Å². The van der Waals surface area contributed by atoms with Crippen molar-refractivity contribution in [3.63, 3.8) is 0 Å². The number of likely N-dealkylation sites (tertiary alicyclic amines) is 1. The molecule has 1 aliphatic carbocycles. The van der Waals surface area contributed by atoms with E-state index in [2.05, 4.69) is 0 Å². The molecule has 5 nitrogen and oxygen atoms in total. The molecule has 21 heavy (non-hydrogen) atoms. The van der Waals surface area contributed by atoms with Crippen LogP contribution in [-0.4, -0.2) is 41.9 Å². The van der Waals surface area contributed by atoms with Crippen molar-refractivity contribution in [1.29, 1.82) is 0 Å². The molecule has 0 unspecified atom stereocenters. The van der Waals surface area contributed by atoms with Gasteiger partial charge in [0.15, 0.2) is 0 Å². The van der Waals surface area contributed by atoms with Gasteiger partial charge in [0.05, 0.1) is 5.41 Å². The maximum absolute atomic E-state index is 12.3. The van der Waals surface area contributed by atoms with Crippen molar-refractivity contribution in [2.75, 3.05) is 13.1 Å². The summed E-state index contributed by atoms with van der Waals surface area (Å²) in [4.78, 5) is 36.5. The predicted molar refractivity (Wildman–Crippen MR) is 65.9 cm³/mol. The fourth-order valence-electron chi connectivity index (χ4n) is 3.04. The summed E-state index contributed by atoms with van der Waals surface area (Å²) in [7, 11) is 0. The van der Waals surface area contributed by atoms with E-state index in [9.17, 15) is 27.6 Å². The second-order valence-corrected chi connectivity index (χ2v) is 5.69. The molecule has 0 radical (unpaired) electrons. The molecule has 2 fully saturated rings. The Kier molecular flexibility index (Phi) is 4.25. The first-order chi connectivity index (χ1) is 9.73. The largest absolute Gasteiger partial charge is 0.405 e. The van der Waals surface area contributed by atoms with Crippen LogP contribution in [0.25, 0.3) is 0 Å². The quantitative estimate of drug-likeness (QED) is 0.801. The van der Waals surface area contributed by atoms with Gasteiger partial charge in [0.25, 0.3) is 0 Å². The number of hydrogen-bond donors (Lipinski definition) is 1. The van der Waals surface area contributed by atoms with Crippen molar-refractivity contribution in [3.8, 4) is 0 Å². The Morgan fingerprint density at radius 1 is 1.19 bits per heavy atom. The minimum absolute atomic E-state index is 0.0678. The lowest BCUT2D eigenvalue weighted by molar-refractivity contribution is -0.147. The van der Waals surface area contributed by atoms with Crippen molar-refractivity contribution < 1.29 is 27.6 Å². The van der Waals surface area contributed by atoms with E-state index in [0.29, 0.717) is 12.8 Å². The average molecular weight is 306 g/mol. The summed E-state index contributed by atoms with van der Waals surface area (Å²) in [5.41, 5.74) is -0.723. The van der Waals surface area contributed by atoms with Crippen molar-refractivity contribution in [2.45, 2.75) is 44.7 Å². The van der Waals surface area contributed by atoms with Crippen molar-refractivity contribution in [3.05, 3.63) is 0 Å². The molecule has 1 saturated heterocycles. The highest BCUT2D eigenvalue weighted by molar-refractivity contribution is 6.08. The van der Waals surface area contributed by atoms with Crippen LogP contribution >= 0.6 is 0 Å². The number of hydrogen-bond acceptors (Lipinski definition) is 3. The van der Waals surface area contributed by atoms with E-state index in [4.69, 9.17) is 0 Å². The Bertz CT molecular complexity index is 456. The van der Waals surface area contributed by atoms with Crippen molar-refractivity contribution in [1.82, 2.24) is 10.2 Å². The van der Waals surface area contributed by atoms with E-state index in [1.807, 2.05) is 0 Å². The van der Waals surface area contributed by atoms with Crippen LogP contribution in [-0.2, 0) is 14.4 Å². The van der Waals surface area contributed by atoms with Crippen LogP contribution < -0.4 is 5.32 Å². The summed E-state index contributed by atoms with van der Waals surface area (Å²) in [6.07, 6.45) is -0.510. The fourth-order valence-corrected chi connectivity index (χ4v) is 3.04. The third-order valence-corrected chi connectivity index (χ3v) is 4.09. The highest BCUT2D eigenvalue weighted by Crippen LogP contribution is 2.45. The topological polar surface area (TPSA) is 66.5 Å². The number of amides is 3. The molecule has 118 valence electrons. The van der Waals surface area contributed by atoms with Crippen LogP contribution in [0.2, 0.25) is 0 Å². The molecule has 0 aromatic carbocycles. The number of rotatable bonds is 3. The Morgan fingerprint density at radius 3 is 2.38 bits per heavy atom. The number of carbonyl (C=O) groups excluding carboxylic acids is 3. The lowest BCUT2D eigenvalue weighted by atomic mass is 9.73. The number of halogens is 3. The fraction of sp³-hybridized carbons (Fsp3) is 0.769. The monoisotopic (exact) mass is 306 g/mol. The molecule has 1 aliphatic heterocycles. The molecule has 0 bridgehead atoms. The molecule has 0 atom stereocenters. The van der Waals surface area contributed by atoms with Crippen LogP contribution in [0.4, 0.5) is 13.2 Å². The minimum atomic E-state index is -4.51. The summed E-state index contributed by atoms with van der Waals surface area (Å²) in [5, 5.41) is 1.67. The van der Waals surface area contributed by atoms with Crippen LogP contribution in [0.5, 0.6) is 0 Å². The summed E-state index contributed by atoms with van der Waals surface area (Å²) < 4.78 is 36.0. The third-order valence-electron chi connectivity index (χ3n) is 4.09. The lowest BCUT2D eigenvalue weighted by Gasteiger charge is -2.30. The zero-order valence-electron chi connectivity index (χ0n) is 11.5. The molecule has 3 amide bonds. The predicted octanol–water partition coefficient (Wildman–Crippen LogP) is 1.37. The molecule has 0 aromatic rings. The first kappa shape index (κ1) is 15.8. The molecular weight excluding hydrogens is 289 g/mol. The van der Waals surface area contributed by atoms with Gasteiger partial charge in [-0.3, -0.25) is 19.3 Å². The molecule has 0 aromatic heterocycles. The lowest BCUT2D eigenvalue weighted by Crippen LogP contribution is -2.44. The second-order valence-electron chi connectivity index (χ2n) is 5.69. The minimum Gasteiger partial charge on any atom is -0.345 e.